The highest BCUT2D eigenvalue weighted by molar-refractivity contribution is 5.72. The number of hydrogen-bond donors (Lipinski definition) is 1. The van der Waals surface area contributed by atoms with Gasteiger partial charge < -0.3 is 14.4 Å². The minimum Gasteiger partial charge on any atom is -0.409 e. The van der Waals surface area contributed by atoms with Crippen molar-refractivity contribution in [3.8, 4) is 5.75 Å². The Labute approximate surface area is 148 Å². The Bertz CT molecular complexity index is 676. The van der Waals surface area contributed by atoms with E-state index in [1.807, 2.05) is 17.1 Å². The molecule has 25 heavy (non-hydrogen) atoms. The van der Waals surface area contributed by atoms with Crippen LogP contribution in [-0.4, -0.2) is 69.1 Å². The van der Waals surface area contributed by atoms with Gasteiger partial charge in [0.1, 0.15) is 5.75 Å². The Balaban J connectivity index is 1.50. The Morgan fingerprint density at radius 2 is 2.04 bits per heavy atom. The summed E-state index contributed by atoms with van der Waals surface area (Å²) in [5.41, 5.74) is 5.34. The third-order valence-electron chi connectivity index (χ3n) is 5.77. The molecule has 7 nitrogen and oxygen atoms in total. The first-order valence-electron chi connectivity index (χ1n) is 8.88. The smallest absolute Gasteiger partial charge is 0.409 e. The van der Waals surface area contributed by atoms with Gasteiger partial charge in [0.2, 0.25) is 0 Å². The number of benzene rings is 1. The summed E-state index contributed by atoms with van der Waals surface area (Å²) >= 11 is 0. The number of fused-ring (bicyclic) bond motifs is 3. The Morgan fingerprint density at radius 3 is 2.80 bits per heavy atom. The average molecular weight is 346 g/mol. The molecule has 0 bridgehead atoms. The van der Waals surface area contributed by atoms with Crippen LogP contribution < -0.4 is 15.1 Å². The van der Waals surface area contributed by atoms with Gasteiger partial charge in [0.15, 0.2) is 0 Å². The third-order valence-corrected chi connectivity index (χ3v) is 5.77. The van der Waals surface area contributed by atoms with Crippen LogP contribution >= 0.6 is 0 Å². The molecule has 0 unspecified atom stereocenters. The SMILES string of the molecule is CN1CC[C@@]2(C)c3cc(OC(=O)NN4CCOCC4)ccc3N(C)[C@H]12. The van der Waals surface area contributed by atoms with Gasteiger partial charge in [-0.3, -0.25) is 10.3 Å². The Kier molecular flexibility index (Phi) is 4.10. The first kappa shape index (κ1) is 16.6. The van der Waals surface area contributed by atoms with E-state index < -0.39 is 6.09 Å². The second kappa shape index (κ2) is 6.16. The van der Waals surface area contributed by atoms with Crippen molar-refractivity contribution >= 4 is 11.8 Å². The van der Waals surface area contributed by atoms with E-state index in [1.54, 1.807) is 0 Å². The van der Waals surface area contributed by atoms with Gasteiger partial charge in [-0.25, -0.2) is 9.80 Å². The van der Waals surface area contributed by atoms with Gasteiger partial charge in [0.25, 0.3) is 0 Å². The van der Waals surface area contributed by atoms with Crippen molar-refractivity contribution in [3.05, 3.63) is 23.8 Å². The molecule has 3 heterocycles. The van der Waals surface area contributed by atoms with Crippen LogP contribution in [0.25, 0.3) is 0 Å². The van der Waals surface area contributed by atoms with Crippen LogP contribution in [0.4, 0.5) is 10.5 Å². The van der Waals surface area contributed by atoms with E-state index in [9.17, 15) is 4.79 Å². The fraction of sp³-hybridized carbons (Fsp3) is 0.611. The van der Waals surface area contributed by atoms with Crippen LogP contribution in [0.3, 0.4) is 0 Å². The highest BCUT2D eigenvalue weighted by Gasteiger charge is 2.52. The summed E-state index contributed by atoms with van der Waals surface area (Å²) in [6.45, 7) is 5.98. The number of ether oxygens (including phenoxy) is 2. The van der Waals surface area contributed by atoms with Gasteiger partial charge in [-0.05, 0) is 37.2 Å². The number of carbonyl (C=O) groups is 1. The molecule has 0 radical (unpaired) electrons. The summed E-state index contributed by atoms with van der Waals surface area (Å²) in [6.07, 6.45) is 1.02. The minimum absolute atomic E-state index is 0.0683. The average Bonchev–Trinajstić information content (AvgIpc) is 3.01. The summed E-state index contributed by atoms with van der Waals surface area (Å²) in [6, 6.07) is 5.96. The zero-order chi connectivity index (χ0) is 17.6. The lowest BCUT2D eigenvalue weighted by atomic mass is 9.81. The maximum absolute atomic E-state index is 12.2. The molecule has 2 fully saturated rings. The molecule has 7 heteroatoms. The van der Waals surface area contributed by atoms with Crippen LogP contribution in [0.2, 0.25) is 0 Å². The number of morpholine rings is 1. The predicted molar refractivity (Wildman–Crippen MR) is 94.8 cm³/mol. The number of likely N-dealkylation sites (tertiary alicyclic amines) is 1. The fourth-order valence-electron chi connectivity index (χ4n) is 4.55. The number of hydrogen-bond acceptors (Lipinski definition) is 6. The molecule has 3 aliphatic heterocycles. The van der Waals surface area contributed by atoms with Crippen molar-refractivity contribution in [1.82, 2.24) is 15.3 Å². The van der Waals surface area contributed by atoms with Gasteiger partial charge in [-0.2, -0.15) is 0 Å². The maximum Gasteiger partial charge on any atom is 0.427 e. The van der Waals surface area contributed by atoms with E-state index in [0.717, 1.165) is 13.0 Å². The monoisotopic (exact) mass is 346 g/mol. The van der Waals surface area contributed by atoms with Crippen molar-refractivity contribution in [2.75, 3.05) is 51.8 Å². The van der Waals surface area contributed by atoms with Gasteiger partial charge in [0, 0.05) is 37.8 Å². The molecule has 0 aromatic heterocycles. The molecule has 1 aromatic rings. The predicted octanol–water partition coefficient (Wildman–Crippen LogP) is 1.39. The van der Waals surface area contributed by atoms with Crippen LogP contribution in [0.15, 0.2) is 18.2 Å². The minimum atomic E-state index is -0.446. The normalized spacial score (nSPS) is 29.4. The summed E-state index contributed by atoms with van der Waals surface area (Å²) in [7, 11) is 4.31. The first-order chi connectivity index (χ1) is 12.0. The summed E-state index contributed by atoms with van der Waals surface area (Å²) in [5.74, 6) is 0.592. The largest absolute Gasteiger partial charge is 0.427 e. The molecule has 4 rings (SSSR count). The van der Waals surface area contributed by atoms with Crippen LogP contribution in [0, 0.1) is 0 Å². The molecule has 0 saturated carbocycles. The molecule has 2 atom stereocenters. The topological polar surface area (TPSA) is 57.3 Å². The number of nitrogens with zero attached hydrogens (tertiary/aromatic N) is 3. The Morgan fingerprint density at radius 1 is 1.28 bits per heavy atom. The molecule has 136 valence electrons. The fourth-order valence-corrected chi connectivity index (χ4v) is 4.55. The summed E-state index contributed by atoms with van der Waals surface area (Å²) < 4.78 is 10.8. The van der Waals surface area contributed by atoms with Crippen molar-refractivity contribution in [2.24, 2.45) is 0 Å². The number of amides is 1. The van der Waals surface area contributed by atoms with E-state index in [0.29, 0.717) is 38.2 Å². The maximum atomic E-state index is 12.2. The molecular formula is C18H26N4O3. The number of likely N-dealkylation sites (N-methyl/N-ethyl adjacent to an activating group) is 2. The van der Waals surface area contributed by atoms with Crippen molar-refractivity contribution < 1.29 is 14.3 Å². The quantitative estimate of drug-likeness (QED) is 0.873. The van der Waals surface area contributed by atoms with E-state index in [2.05, 4.69) is 42.3 Å². The lowest BCUT2D eigenvalue weighted by molar-refractivity contribution is 0.0153. The number of carbonyl (C=O) groups excluding carboxylic acids is 1. The summed E-state index contributed by atoms with van der Waals surface area (Å²) in [5, 5.41) is 1.83. The highest BCUT2D eigenvalue weighted by Crippen LogP contribution is 2.51. The van der Waals surface area contributed by atoms with Gasteiger partial charge in [0.05, 0.1) is 19.4 Å². The van der Waals surface area contributed by atoms with Crippen LogP contribution in [0.5, 0.6) is 5.75 Å². The van der Waals surface area contributed by atoms with E-state index in [-0.39, 0.29) is 5.41 Å². The molecular weight excluding hydrogens is 320 g/mol. The molecule has 3 aliphatic rings. The standard InChI is InChI=1S/C18H26N4O3/c1-18-6-7-20(2)16(18)21(3)15-5-4-13(12-14(15)18)25-17(23)19-22-8-10-24-11-9-22/h4-5,12,16H,6-11H2,1-3H3,(H,19,23)/t16-,18-/m0/s1. The molecule has 0 aliphatic carbocycles. The Hall–Kier alpha value is -1.83. The van der Waals surface area contributed by atoms with Gasteiger partial charge in [-0.1, -0.05) is 6.92 Å². The zero-order valence-corrected chi connectivity index (χ0v) is 15.1. The number of anilines is 1. The number of hydrazine groups is 1. The van der Waals surface area contributed by atoms with Crippen molar-refractivity contribution in [2.45, 2.75) is 24.9 Å². The second-order valence-electron chi connectivity index (χ2n) is 7.41. The lowest BCUT2D eigenvalue weighted by Crippen LogP contribution is -2.49. The molecule has 1 amide bonds. The highest BCUT2D eigenvalue weighted by atomic mass is 16.6. The third kappa shape index (κ3) is 2.76. The zero-order valence-electron chi connectivity index (χ0n) is 15.1. The molecule has 1 aromatic carbocycles. The lowest BCUT2D eigenvalue weighted by Gasteiger charge is -2.32. The van der Waals surface area contributed by atoms with Crippen molar-refractivity contribution in [3.63, 3.8) is 0 Å². The first-order valence-corrected chi connectivity index (χ1v) is 8.88. The second-order valence-corrected chi connectivity index (χ2v) is 7.41. The van der Waals surface area contributed by atoms with Crippen LogP contribution in [-0.2, 0) is 10.2 Å². The number of rotatable bonds is 2. The van der Waals surface area contributed by atoms with E-state index in [4.69, 9.17) is 9.47 Å². The van der Waals surface area contributed by atoms with Crippen LogP contribution in [0.1, 0.15) is 18.9 Å². The van der Waals surface area contributed by atoms with Gasteiger partial charge in [-0.15, -0.1) is 0 Å². The van der Waals surface area contributed by atoms with E-state index in [1.165, 1.54) is 11.3 Å². The van der Waals surface area contributed by atoms with Crippen molar-refractivity contribution in [1.29, 1.82) is 0 Å². The molecule has 0 spiro atoms. The van der Waals surface area contributed by atoms with E-state index >= 15 is 0 Å². The number of nitrogens with one attached hydrogen (secondary N) is 1. The summed E-state index contributed by atoms with van der Waals surface area (Å²) in [4.78, 5) is 16.9. The molecule has 1 N–H and O–H groups in total. The molecule has 2 saturated heterocycles. The van der Waals surface area contributed by atoms with Gasteiger partial charge >= 0.3 is 6.09 Å².